The molecule has 2 N–H and O–H groups in total. The number of halogens is 2. The van der Waals surface area contributed by atoms with E-state index in [2.05, 4.69) is 20.8 Å². The second-order valence-electron chi connectivity index (χ2n) is 7.57. The van der Waals surface area contributed by atoms with Crippen LogP contribution in [0, 0.1) is 29.0 Å². The van der Waals surface area contributed by atoms with Crippen molar-refractivity contribution < 1.29 is 4.39 Å². The highest BCUT2D eigenvalue weighted by molar-refractivity contribution is 6.30. The Kier molecular flexibility index (Phi) is 5.32. The highest BCUT2D eigenvalue weighted by atomic mass is 35.5. The van der Waals surface area contributed by atoms with E-state index in [0.717, 1.165) is 24.8 Å². The van der Waals surface area contributed by atoms with Crippen LogP contribution < -0.4 is 5.73 Å². The third kappa shape index (κ3) is 4.20. The van der Waals surface area contributed by atoms with Gasteiger partial charge >= 0.3 is 0 Å². The second-order valence-corrected chi connectivity index (χ2v) is 8.01. The van der Waals surface area contributed by atoms with Crippen molar-refractivity contribution in [2.45, 2.75) is 46.5 Å². The van der Waals surface area contributed by atoms with Gasteiger partial charge in [0.1, 0.15) is 5.82 Å². The minimum atomic E-state index is -0.184. The van der Waals surface area contributed by atoms with Crippen LogP contribution in [-0.4, -0.2) is 6.54 Å². The van der Waals surface area contributed by atoms with Gasteiger partial charge in [-0.05, 0) is 73.1 Å². The second kappa shape index (κ2) is 6.66. The third-order valence-electron chi connectivity index (χ3n) is 5.16. The molecule has 118 valence electrons. The first kappa shape index (κ1) is 16.8. The summed E-state index contributed by atoms with van der Waals surface area (Å²) in [6.07, 6.45) is 4.33. The molecule has 1 saturated carbocycles. The molecule has 0 saturated heterocycles. The summed E-state index contributed by atoms with van der Waals surface area (Å²) in [6, 6.07) is 5.02. The zero-order valence-corrected chi connectivity index (χ0v) is 14.1. The predicted molar refractivity (Wildman–Crippen MR) is 87.9 cm³/mol. The van der Waals surface area contributed by atoms with Crippen LogP contribution in [0.5, 0.6) is 0 Å². The van der Waals surface area contributed by atoms with E-state index in [1.165, 1.54) is 12.5 Å². The summed E-state index contributed by atoms with van der Waals surface area (Å²) in [7, 11) is 0. The van der Waals surface area contributed by atoms with Crippen molar-refractivity contribution in [3.05, 3.63) is 34.6 Å². The van der Waals surface area contributed by atoms with Gasteiger partial charge < -0.3 is 5.73 Å². The number of hydrogen-bond donors (Lipinski definition) is 1. The Hall–Kier alpha value is -0.600. The SMILES string of the molecule is CC(C)(C)C1CCC(CN)C(Cc2ccc(Cl)cc2F)C1. The summed E-state index contributed by atoms with van der Waals surface area (Å²) in [5.74, 6) is 1.50. The fourth-order valence-corrected chi connectivity index (χ4v) is 3.80. The van der Waals surface area contributed by atoms with Gasteiger partial charge in [0.05, 0.1) is 0 Å². The molecule has 3 heteroatoms. The molecule has 1 fully saturated rings. The predicted octanol–water partition coefficient (Wildman–Crippen LogP) is 5.06. The molecule has 3 unspecified atom stereocenters. The lowest BCUT2D eigenvalue weighted by Crippen LogP contribution is -2.36. The largest absolute Gasteiger partial charge is 0.330 e. The minimum Gasteiger partial charge on any atom is -0.330 e. The standard InChI is InChI=1S/C18H27ClFN/c1-18(2,3)15-6-4-13(11-21)14(9-15)8-12-5-7-16(19)10-17(12)20/h5,7,10,13-15H,4,6,8-9,11,21H2,1-3H3. The van der Waals surface area contributed by atoms with Gasteiger partial charge in [-0.15, -0.1) is 0 Å². The molecule has 2 rings (SSSR count). The van der Waals surface area contributed by atoms with Crippen LogP contribution in [0.1, 0.15) is 45.6 Å². The first-order chi connectivity index (χ1) is 9.81. The van der Waals surface area contributed by atoms with E-state index >= 15 is 0 Å². The molecule has 1 aliphatic carbocycles. The van der Waals surface area contributed by atoms with E-state index in [9.17, 15) is 4.39 Å². The molecule has 0 heterocycles. The number of nitrogens with two attached hydrogens (primary N) is 1. The van der Waals surface area contributed by atoms with E-state index in [4.69, 9.17) is 17.3 Å². The van der Waals surface area contributed by atoms with Gasteiger partial charge in [0, 0.05) is 5.02 Å². The first-order valence-electron chi connectivity index (χ1n) is 7.95. The Balaban J connectivity index is 2.14. The van der Waals surface area contributed by atoms with Gasteiger partial charge in [0.15, 0.2) is 0 Å². The summed E-state index contributed by atoms with van der Waals surface area (Å²) in [5, 5.41) is 0.461. The highest BCUT2D eigenvalue weighted by Crippen LogP contribution is 2.43. The van der Waals surface area contributed by atoms with Gasteiger partial charge in [0.2, 0.25) is 0 Å². The minimum absolute atomic E-state index is 0.184. The quantitative estimate of drug-likeness (QED) is 0.829. The Morgan fingerprint density at radius 2 is 1.95 bits per heavy atom. The molecule has 1 aromatic carbocycles. The molecule has 0 amide bonds. The molecular weight excluding hydrogens is 285 g/mol. The van der Waals surface area contributed by atoms with Crippen molar-refractivity contribution in [2.75, 3.05) is 6.54 Å². The molecule has 0 aromatic heterocycles. The Morgan fingerprint density at radius 3 is 2.52 bits per heavy atom. The van der Waals surface area contributed by atoms with Crippen molar-refractivity contribution in [3.8, 4) is 0 Å². The van der Waals surface area contributed by atoms with Crippen LogP contribution in [0.2, 0.25) is 5.02 Å². The number of rotatable bonds is 3. The van der Waals surface area contributed by atoms with Crippen LogP contribution in [0.15, 0.2) is 18.2 Å². The summed E-state index contributed by atoms with van der Waals surface area (Å²) in [5.41, 5.74) is 7.04. The summed E-state index contributed by atoms with van der Waals surface area (Å²) < 4.78 is 14.1. The van der Waals surface area contributed by atoms with Crippen molar-refractivity contribution in [2.24, 2.45) is 28.9 Å². The topological polar surface area (TPSA) is 26.0 Å². The maximum atomic E-state index is 14.1. The molecule has 21 heavy (non-hydrogen) atoms. The molecule has 1 aromatic rings. The lowest BCUT2D eigenvalue weighted by molar-refractivity contribution is 0.101. The number of hydrogen-bond acceptors (Lipinski definition) is 1. The lowest BCUT2D eigenvalue weighted by Gasteiger charge is -2.41. The van der Waals surface area contributed by atoms with Gasteiger partial charge in [-0.3, -0.25) is 0 Å². The van der Waals surface area contributed by atoms with E-state index in [0.29, 0.717) is 34.7 Å². The third-order valence-corrected chi connectivity index (χ3v) is 5.40. The zero-order valence-electron chi connectivity index (χ0n) is 13.3. The molecule has 0 aliphatic heterocycles. The van der Waals surface area contributed by atoms with Crippen LogP contribution >= 0.6 is 11.6 Å². The van der Waals surface area contributed by atoms with Crippen molar-refractivity contribution in [1.29, 1.82) is 0 Å². The van der Waals surface area contributed by atoms with Gasteiger partial charge in [-0.1, -0.05) is 38.4 Å². The smallest absolute Gasteiger partial charge is 0.127 e. The molecule has 3 atom stereocenters. The van der Waals surface area contributed by atoms with Gasteiger partial charge in [0.25, 0.3) is 0 Å². The average molecular weight is 312 g/mol. The fraction of sp³-hybridized carbons (Fsp3) is 0.667. The van der Waals surface area contributed by atoms with Crippen molar-refractivity contribution >= 4 is 11.6 Å². The Bertz CT molecular complexity index is 481. The average Bonchev–Trinajstić information content (AvgIpc) is 2.41. The molecule has 0 bridgehead atoms. The Labute approximate surface area is 133 Å². The maximum absolute atomic E-state index is 14.1. The van der Waals surface area contributed by atoms with Crippen molar-refractivity contribution in [1.82, 2.24) is 0 Å². The highest BCUT2D eigenvalue weighted by Gasteiger charge is 2.35. The first-order valence-corrected chi connectivity index (χ1v) is 8.33. The summed E-state index contributed by atoms with van der Waals surface area (Å²) in [6.45, 7) is 7.62. The lowest BCUT2D eigenvalue weighted by atomic mass is 9.64. The van der Waals surface area contributed by atoms with Crippen LogP contribution in [0.25, 0.3) is 0 Å². The van der Waals surface area contributed by atoms with E-state index in [-0.39, 0.29) is 5.82 Å². The molecular formula is C18H27ClFN. The normalized spacial score (nSPS) is 26.9. The molecule has 1 aliphatic rings. The van der Waals surface area contributed by atoms with Gasteiger partial charge in [-0.2, -0.15) is 0 Å². The van der Waals surface area contributed by atoms with E-state index < -0.39 is 0 Å². The summed E-state index contributed by atoms with van der Waals surface area (Å²) >= 11 is 5.84. The molecule has 1 nitrogen and oxygen atoms in total. The molecule has 0 radical (unpaired) electrons. The van der Waals surface area contributed by atoms with E-state index in [1.807, 2.05) is 6.07 Å². The maximum Gasteiger partial charge on any atom is 0.127 e. The van der Waals surface area contributed by atoms with Gasteiger partial charge in [-0.25, -0.2) is 4.39 Å². The fourth-order valence-electron chi connectivity index (χ4n) is 3.64. The van der Waals surface area contributed by atoms with Crippen LogP contribution in [0.3, 0.4) is 0 Å². The molecule has 0 spiro atoms. The van der Waals surface area contributed by atoms with E-state index in [1.54, 1.807) is 6.07 Å². The zero-order chi connectivity index (χ0) is 15.6. The Morgan fingerprint density at radius 1 is 1.24 bits per heavy atom. The van der Waals surface area contributed by atoms with Crippen LogP contribution in [0.4, 0.5) is 4.39 Å². The van der Waals surface area contributed by atoms with Crippen molar-refractivity contribution in [3.63, 3.8) is 0 Å². The monoisotopic (exact) mass is 311 g/mol. The summed E-state index contributed by atoms with van der Waals surface area (Å²) in [4.78, 5) is 0. The van der Waals surface area contributed by atoms with Crippen LogP contribution in [-0.2, 0) is 6.42 Å². The number of benzene rings is 1.